The number of rotatable bonds is 5. The lowest BCUT2D eigenvalue weighted by Crippen LogP contribution is -2.47. The first kappa shape index (κ1) is 18.8. The molecule has 0 aliphatic carbocycles. The molecule has 2 aliphatic rings. The maximum atomic E-state index is 13.1. The third kappa shape index (κ3) is 3.69. The highest BCUT2D eigenvalue weighted by atomic mass is 32.2. The molecule has 3 aromatic rings. The molecular weight excluding hydrogens is 381 g/mol. The van der Waals surface area contributed by atoms with E-state index in [4.69, 9.17) is 0 Å². The molecule has 0 saturated carbocycles. The molecule has 0 amide bonds. The summed E-state index contributed by atoms with van der Waals surface area (Å²) in [4.78, 5) is 6.29. The zero-order valence-corrected chi connectivity index (χ0v) is 17.5. The predicted octanol–water partition coefficient (Wildman–Crippen LogP) is 5.41. The van der Waals surface area contributed by atoms with E-state index in [1.165, 1.54) is 21.4 Å². The largest absolute Gasteiger partial charge is 0.369 e. The van der Waals surface area contributed by atoms with Gasteiger partial charge in [0, 0.05) is 54.7 Å². The molecule has 2 aliphatic heterocycles. The second-order valence-electron chi connectivity index (χ2n) is 7.99. The molecule has 5 rings (SSSR count). The van der Waals surface area contributed by atoms with Gasteiger partial charge >= 0.3 is 0 Å². The zero-order valence-electron chi connectivity index (χ0n) is 16.7. The van der Waals surface area contributed by atoms with Crippen molar-refractivity contribution in [2.45, 2.75) is 24.3 Å². The summed E-state index contributed by atoms with van der Waals surface area (Å²) in [6, 6.07) is 20.6. The fourth-order valence-electron chi connectivity index (χ4n) is 4.40. The highest BCUT2D eigenvalue weighted by Crippen LogP contribution is 2.47. The Morgan fingerprint density at radius 1 is 0.931 bits per heavy atom. The number of anilines is 2. The summed E-state index contributed by atoms with van der Waals surface area (Å²) in [7, 11) is 0. The summed E-state index contributed by atoms with van der Waals surface area (Å²) >= 11 is 1.88. The summed E-state index contributed by atoms with van der Waals surface area (Å²) in [5, 5.41) is 2.74. The first-order valence-corrected chi connectivity index (χ1v) is 11.2. The molecule has 3 aromatic carbocycles. The van der Waals surface area contributed by atoms with Crippen LogP contribution < -0.4 is 9.21 Å². The predicted molar refractivity (Wildman–Crippen MR) is 121 cm³/mol. The highest BCUT2D eigenvalue weighted by Gasteiger charge is 2.27. The first-order valence-electron chi connectivity index (χ1n) is 10.4. The molecule has 5 heteroatoms. The lowest BCUT2D eigenvalue weighted by Gasteiger charge is -2.37. The molecule has 0 bridgehead atoms. The van der Waals surface area contributed by atoms with Gasteiger partial charge in [0.2, 0.25) is 0 Å². The van der Waals surface area contributed by atoms with E-state index in [-0.39, 0.29) is 5.82 Å². The summed E-state index contributed by atoms with van der Waals surface area (Å²) in [6.07, 6.45) is 1.15. The monoisotopic (exact) mass is 407 g/mol. The van der Waals surface area contributed by atoms with Gasteiger partial charge in [-0.15, -0.1) is 0 Å². The van der Waals surface area contributed by atoms with Crippen LogP contribution in [0.3, 0.4) is 0 Å². The number of piperazine rings is 1. The third-order valence-electron chi connectivity index (χ3n) is 6.11. The summed E-state index contributed by atoms with van der Waals surface area (Å²) in [6.45, 7) is 7.58. The van der Waals surface area contributed by atoms with E-state index in [1.807, 2.05) is 24.1 Å². The maximum absolute atomic E-state index is 13.1. The molecule has 0 spiro atoms. The van der Waals surface area contributed by atoms with Gasteiger partial charge in [-0.2, -0.15) is 0 Å². The van der Waals surface area contributed by atoms with Gasteiger partial charge in [-0.05, 0) is 67.1 Å². The topological polar surface area (TPSA) is 9.72 Å². The van der Waals surface area contributed by atoms with E-state index in [0.29, 0.717) is 6.04 Å². The number of hydrogen-bond acceptors (Lipinski definition) is 4. The average Bonchev–Trinajstić information content (AvgIpc) is 3.14. The van der Waals surface area contributed by atoms with Crippen molar-refractivity contribution >= 4 is 34.1 Å². The Morgan fingerprint density at radius 2 is 1.66 bits per heavy atom. The zero-order chi connectivity index (χ0) is 19.8. The Balaban J connectivity index is 1.17. The van der Waals surface area contributed by atoms with E-state index in [9.17, 15) is 4.39 Å². The molecule has 3 nitrogen and oxygen atoms in total. The van der Waals surface area contributed by atoms with E-state index in [0.717, 1.165) is 44.8 Å². The Morgan fingerprint density at radius 3 is 2.41 bits per heavy atom. The minimum Gasteiger partial charge on any atom is -0.369 e. The van der Waals surface area contributed by atoms with Gasteiger partial charge in [-0.25, -0.2) is 4.39 Å². The van der Waals surface area contributed by atoms with Crippen molar-refractivity contribution in [3.8, 4) is 0 Å². The number of halogens is 1. The second-order valence-corrected chi connectivity index (χ2v) is 9.01. The van der Waals surface area contributed by atoms with Gasteiger partial charge in [-0.1, -0.05) is 24.3 Å². The molecule has 29 heavy (non-hydrogen) atoms. The van der Waals surface area contributed by atoms with Crippen LogP contribution in [0, 0.1) is 5.82 Å². The van der Waals surface area contributed by atoms with Crippen LogP contribution in [0.25, 0.3) is 10.8 Å². The van der Waals surface area contributed by atoms with Crippen molar-refractivity contribution in [3.63, 3.8) is 0 Å². The third-order valence-corrected chi connectivity index (χ3v) is 7.40. The molecule has 150 valence electrons. The van der Waals surface area contributed by atoms with Crippen LogP contribution in [-0.4, -0.2) is 43.7 Å². The lowest BCUT2D eigenvalue weighted by molar-refractivity contribution is 0.250. The van der Waals surface area contributed by atoms with E-state index in [1.54, 1.807) is 12.1 Å². The summed E-state index contributed by atoms with van der Waals surface area (Å²) < 4.78 is 15.6. The molecule has 1 atom stereocenters. The standard InChI is InChI=1S/C24H26FN3S/c1-18(28-22-6-2-4-19-5-3-7-23(29-28)24(19)22)12-13-26-14-16-27(17-15-26)21-10-8-20(25)9-11-21/h2-11,18H,12-17H2,1H3. The molecule has 0 radical (unpaired) electrons. The van der Waals surface area contributed by atoms with Crippen molar-refractivity contribution < 1.29 is 4.39 Å². The molecule has 0 aromatic heterocycles. The van der Waals surface area contributed by atoms with Crippen molar-refractivity contribution in [2.24, 2.45) is 0 Å². The van der Waals surface area contributed by atoms with Gasteiger partial charge in [0.25, 0.3) is 0 Å². The van der Waals surface area contributed by atoms with Gasteiger partial charge in [0.05, 0.1) is 5.69 Å². The van der Waals surface area contributed by atoms with Crippen LogP contribution in [0.1, 0.15) is 13.3 Å². The van der Waals surface area contributed by atoms with Crippen LogP contribution in [0.2, 0.25) is 0 Å². The van der Waals surface area contributed by atoms with Gasteiger partial charge < -0.3 is 9.21 Å². The van der Waals surface area contributed by atoms with Gasteiger partial charge in [0.1, 0.15) is 5.82 Å². The first-order chi connectivity index (χ1) is 14.2. The Bertz CT molecular complexity index is 993. The lowest BCUT2D eigenvalue weighted by atomic mass is 10.1. The van der Waals surface area contributed by atoms with Crippen LogP contribution in [0.4, 0.5) is 15.8 Å². The van der Waals surface area contributed by atoms with Crippen molar-refractivity contribution in [1.29, 1.82) is 0 Å². The van der Waals surface area contributed by atoms with E-state index < -0.39 is 0 Å². The van der Waals surface area contributed by atoms with Crippen molar-refractivity contribution in [2.75, 3.05) is 41.9 Å². The minimum atomic E-state index is -0.168. The second kappa shape index (κ2) is 7.88. The fourth-order valence-corrected chi connectivity index (χ4v) is 5.60. The van der Waals surface area contributed by atoms with Crippen LogP contribution >= 0.6 is 11.9 Å². The normalized spacial score (nSPS) is 17.9. The number of hydrogen-bond donors (Lipinski definition) is 0. The number of benzene rings is 3. The molecule has 1 unspecified atom stereocenters. The van der Waals surface area contributed by atoms with Gasteiger partial charge in [-0.3, -0.25) is 4.90 Å². The molecular formula is C24H26FN3S. The fraction of sp³-hybridized carbons (Fsp3) is 0.333. The van der Waals surface area contributed by atoms with Crippen molar-refractivity contribution in [1.82, 2.24) is 4.90 Å². The van der Waals surface area contributed by atoms with Crippen LogP contribution in [-0.2, 0) is 0 Å². The summed E-state index contributed by atoms with van der Waals surface area (Å²) in [5.74, 6) is -0.168. The Hall–Kier alpha value is -2.24. The minimum absolute atomic E-state index is 0.168. The maximum Gasteiger partial charge on any atom is 0.123 e. The van der Waals surface area contributed by atoms with Crippen LogP contribution in [0.5, 0.6) is 0 Å². The molecule has 1 fully saturated rings. The highest BCUT2D eigenvalue weighted by molar-refractivity contribution is 8.01. The number of nitrogens with zero attached hydrogens (tertiary/aromatic N) is 3. The van der Waals surface area contributed by atoms with E-state index in [2.05, 4.69) is 57.4 Å². The van der Waals surface area contributed by atoms with Crippen molar-refractivity contribution in [3.05, 3.63) is 66.5 Å². The quantitative estimate of drug-likeness (QED) is 0.523. The van der Waals surface area contributed by atoms with Crippen LogP contribution in [0.15, 0.2) is 65.6 Å². The molecule has 1 saturated heterocycles. The molecule has 0 N–H and O–H groups in total. The average molecular weight is 408 g/mol. The molecule has 2 heterocycles. The Labute approximate surface area is 176 Å². The Kier molecular flexibility index (Phi) is 5.10. The smallest absolute Gasteiger partial charge is 0.123 e. The van der Waals surface area contributed by atoms with Gasteiger partial charge in [0.15, 0.2) is 0 Å². The summed E-state index contributed by atoms with van der Waals surface area (Å²) in [5.41, 5.74) is 2.48. The SMILES string of the molecule is CC(CCN1CCN(c2ccc(F)cc2)CC1)N1Sc2cccc3cccc1c23. The van der Waals surface area contributed by atoms with E-state index >= 15 is 0 Å².